The molecule has 0 saturated carbocycles. The van der Waals surface area contributed by atoms with Crippen LogP contribution >= 0.6 is 0 Å². The van der Waals surface area contributed by atoms with E-state index in [-0.39, 0.29) is 18.9 Å². The third-order valence-corrected chi connectivity index (χ3v) is 6.40. The molecule has 0 radical (unpaired) electrons. The van der Waals surface area contributed by atoms with E-state index in [1.54, 1.807) is 0 Å². The van der Waals surface area contributed by atoms with Gasteiger partial charge in [-0.15, -0.1) is 0 Å². The number of unbranched alkanes of at least 4 members (excludes halogenated alkanes) is 10. The molecule has 1 heterocycles. The fourth-order valence-electron chi connectivity index (χ4n) is 4.31. The molecule has 0 bridgehead atoms. The highest BCUT2D eigenvalue weighted by molar-refractivity contribution is 5.74. The Morgan fingerprint density at radius 3 is 1.58 bits per heavy atom. The van der Waals surface area contributed by atoms with Gasteiger partial charge in [-0.05, 0) is 45.7 Å². The third kappa shape index (κ3) is 15.6. The Kier molecular flexibility index (Phi) is 16.4. The van der Waals surface area contributed by atoms with Crippen LogP contribution in [0.5, 0.6) is 0 Å². The van der Waals surface area contributed by atoms with Crippen molar-refractivity contribution in [2.75, 3.05) is 46.3 Å². The van der Waals surface area contributed by atoms with E-state index in [2.05, 4.69) is 11.9 Å². The molecule has 1 aliphatic heterocycles. The normalized spacial score (nSPS) is 14.8. The van der Waals surface area contributed by atoms with Crippen LogP contribution in [-0.4, -0.2) is 89.2 Å². The Balaban J connectivity index is 2.34. The van der Waals surface area contributed by atoms with E-state index in [1.165, 1.54) is 0 Å². The van der Waals surface area contributed by atoms with Crippen molar-refractivity contribution in [2.45, 2.75) is 96.3 Å². The zero-order chi connectivity index (χ0) is 24.3. The van der Waals surface area contributed by atoms with E-state index in [9.17, 15) is 14.4 Å². The highest BCUT2D eigenvalue weighted by Crippen LogP contribution is 2.13. The second kappa shape index (κ2) is 18.6. The minimum absolute atomic E-state index is 0.174. The molecule has 1 fully saturated rings. The van der Waals surface area contributed by atoms with Crippen LogP contribution in [0.3, 0.4) is 0 Å². The number of likely N-dealkylation sites (N-methyl/N-ethyl adjacent to an activating group) is 1. The Morgan fingerprint density at radius 2 is 1.09 bits per heavy atom. The number of rotatable bonds is 18. The third-order valence-electron chi connectivity index (χ3n) is 6.40. The fraction of sp³-hybridized carbons (Fsp3) is 0.880. The lowest BCUT2D eigenvalue weighted by Gasteiger charge is -2.30. The SMILES string of the molecule is CN1CCCN(C(=O)N(CCCCCCCCC(=O)O)CCCCCCCCC(=O)O)CC1. The molecule has 2 N–H and O–H groups in total. The Hall–Kier alpha value is -1.83. The molecule has 33 heavy (non-hydrogen) atoms. The smallest absolute Gasteiger partial charge is 0.320 e. The summed E-state index contributed by atoms with van der Waals surface area (Å²) in [7, 11) is 2.11. The number of hydrogen-bond acceptors (Lipinski definition) is 4. The molecule has 8 nitrogen and oxygen atoms in total. The van der Waals surface area contributed by atoms with Crippen LogP contribution in [0.15, 0.2) is 0 Å². The summed E-state index contributed by atoms with van der Waals surface area (Å²) in [6.07, 6.45) is 13.4. The molecule has 1 rings (SSSR count). The zero-order valence-electron chi connectivity index (χ0n) is 20.8. The quantitative estimate of drug-likeness (QED) is 0.283. The maximum absolute atomic E-state index is 13.2. The highest BCUT2D eigenvalue weighted by Gasteiger charge is 2.22. The second-order valence-corrected chi connectivity index (χ2v) is 9.44. The number of carbonyl (C=O) groups is 3. The highest BCUT2D eigenvalue weighted by atomic mass is 16.4. The number of carboxylic acid groups (broad SMARTS) is 2. The number of urea groups is 1. The minimum atomic E-state index is -0.718. The average Bonchev–Trinajstić information content (AvgIpc) is 2.99. The summed E-state index contributed by atoms with van der Waals surface area (Å²) >= 11 is 0. The Bertz CT molecular complexity index is 528. The van der Waals surface area contributed by atoms with Gasteiger partial charge in [0.05, 0.1) is 0 Å². The molecule has 2 amide bonds. The molecule has 1 saturated heterocycles. The molecule has 8 heteroatoms. The van der Waals surface area contributed by atoms with Crippen LogP contribution in [0.2, 0.25) is 0 Å². The Labute approximate surface area is 200 Å². The minimum Gasteiger partial charge on any atom is -0.481 e. The number of carbonyl (C=O) groups excluding carboxylic acids is 1. The lowest BCUT2D eigenvalue weighted by atomic mass is 10.1. The van der Waals surface area contributed by atoms with Crippen molar-refractivity contribution in [3.63, 3.8) is 0 Å². The van der Waals surface area contributed by atoms with Gasteiger partial charge in [0.25, 0.3) is 0 Å². The van der Waals surface area contributed by atoms with Crippen molar-refractivity contribution in [1.29, 1.82) is 0 Å². The van der Waals surface area contributed by atoms with Gasteiger partial charge in [-0.1, -0.05) is 51.4 Å². The monoisotopic (exact) mass is 469 g/mol. The summed E-state index contributed by atoms with van der Waals surface area (Å²) in [5.74, 6) is -1.44. The first-order chi connectivity index (χ1) is 15.9. The summed E-state index contributed by atoms with van der Waals surface area (Å²) in [6.45, 7) is 5.16. The van der Waals surface area contributed by atoms with E-state index in [0.29, 0.717) is 0 Å². The maximum Gasteiger partial charge on any atom is 0.320 e. The van der Waals surface area contributed by atoms with Crippen LogP contribution < -0.4 is 0 Å². The molecule has 192 valence electrons. The lowest BCUT2D eigenvalue weighted by molar-refractivity contribution is -0.138. The van der Waals surface area contributed by atoms with Crippen molar-refractivity contribution < 1.29 is 24.6 Å². The summed E-state index contributed by atoms with van der Waals surface area (Å²) in [5, 5.41) is 17.4. The largest absolute Gasteiger partial charge is 0.481 e. The molecule has 0 aromatic rings. The molecule has 0 atom stereocenters. The zero-order valence-corrected chi connectivity index (χ0v) is 20.8. The van der Waals surface area contributed by atoms with Crippen LogP contribution in [0.4, 0.5) is 4.79 Å². The van der Waals surface area contributed by atoms with Crippen LogP contribution in [0, 0.1) is 0 Å². The lowest BCUT2D eigenvalue weighted by Crippen LogP contribution is -2.45. The van der Waals surface area contributed by atoms with E-state index in [1.807, 2.05) is 9.80 Å². The van der Waals surface area contributed by atoms with Crippen molar-refractivity contribution >= 4 is 18.0 Å². The van der Waals surface area contributed by atoms with Gasteiger partial charge in [0.2, 0.25) is 0 Å². The van der Waals surface area contributed by atoms with E-state index in [0.717, 1.165) is 123 Å². The summed E-state index contributed by atoms with van der Waals surface area (Å²) < 4.78 is 0. The second-order valence-electron chi connectivity index (χ2n) is 9.44. The van der Waals surface area contributed by atoms with Gasteiger partial charge < -0.3 is 24.9 Å². The van der Waals surface area contributed by atoms with Crippen molar-refractivity contribution in [2.24, 2.45) is 0 Å². The Morgan fingerprint density at radius 1 is 0.636 bits per heavy atom. The summed E-state index contributed by atoms with van der Waals surface area (Å²) in [5.41, 5.74) is 0. The summed E-state index contributed by atoms with van der Waals surface area (Å²) in [6, 6.07) is 0.174. The first-order valence-electron chi connectivity index (χ1n) is 13.1. The number of nitrogens with zero attached hydrogens (tertiary/aromatic N) is 3. The maximum atomic E-state index is 13.2. The number of hydrogen-bond donors (Lipinski definition) is 2. The number of aliphatic carboxylic acids is 2. The van der Waals surface area contributed by atoms with Gasteiger partial charge >= 0.3 is 18.0 Å². The van der Waals surface area contributed by atoms with E-state index < -0.39 is 11.9 Å². The molecular weight excluding hydrogens is 422 g/mol. The molecule has 0 aliphatic carbocycles. The predicted molar refractivity (Wildman–Crippen MR) is 131 cm³/mol. The molecule has 0 aromatic heterocycles. The average molecular weight is 470 g/mol. The van der Waals surface area contributed by atoms with Crippen molar-refractivity contribution in [3.05, 3.63) is 0 Å². The molecular formula is C25H47N3O5. The first-order valence-corrected chi connectivity index (χ1v) is 13.1. The van der Waals surface area contributed by atoms with Crippen LogP contribution in [-0.2, 0) is 9.59 Å². The molecule has 0 unspecified atom stereocenters. The van der Waals surface area contributed by atoms with Gasteiger partial charge in [-0.25, -0.2) is 4.79 Å². The van der Waals surface area contributed by atoms with Gasteiger partial charge in [0, 0.05) is 45.6 Å². The van der Waals surface area contributed by atoms with Gasteiger partial charge in [-0.2, -0.15) is 0 Å². The molecule has 1 aliphatic rings. The van der Waals surface area contributed by atoms with Gasteiger partial charge in [0.15, 0.2) is 0 Å². The number of carboxylic acids is 2. The van der Waals surface area contributed by atoms with Crippen LogP contribution in [0.25, 0.3) is 0 Å². The molecule has 0 spiro atoms. The standard InChI is InChI=1S/C25H47N3O5/c1-26-17-14-20-28(22-21-26)25(33)27(18-12-8-4-2-6-10-15-23(29)30)19-13-9-5-3-7-11-16-24(31)32/h2-22H2,1H3,(H,29,30)(H,31,32). The number of amides is 2. The van der Waals surface area contributed by atoms with Gasteiger partial charge in [-0.3, -0.25) is 9.59 Å². The van der Waals surface area contributed by atoms with E-state index >= 15 is 0 Å². The van der Waals surface area contributed by atoms with E-state index in [4.69, 9.17) is 10.2 Å². The van der Waals surface area contributed by atoms with Crippen molar-refractivity contribution in [1.82, 2.24) is 14.7 Å². The van der Waals surface area contributed by atoms with Crippen molar-refractivity contribution in [3.8, 4) is 0 Å². The molecule has 0 aromatic carbocycles. The van der Waals surface area contributed by atoms with Crippen LogP contribution in [0.1, 0.15) is 96.3 Å². The van der Waals surface area contributed by atoms with Gasteiger partial charge in [0.1, 0.15) is 0 Å². The fourth-order valence-corrected chi connectivity index (χ4v) is 4.31. The first kappa shape index (κ1) is 29.2. The summed E-state index contributed by atoms with van der Waals surface area (Å²) in [4.78, 5) is 40.7. The predicted octanol–water partition coefficient (Wildman–Crippen LogP) is 4.68. The topological polar surface area (TPSA) is 101 Å².